The lowest BCUT2D eigenvalue weighted by molar-refractivity contribution is -0.119. The number of nitrogens with zero attached hydrogens (tertiary/aromatic N) is 2. The van der Waals surface area contributed by atoms with Crippen molar-refractivity contribution in [3.63, 3.8) is 0 Å². The Morgan fingerprint density at radius 1 is 0.892 bits per heavy atom. The smallest absolute Gasteiger partial charge is 0.229 e. The highest BCUT2D eigenvalue weighted by Gasteiger charge is 2.23. The summed E-state index contributed by atoms with van der Waals surface area (Å²) in [5.41, 5.74) is 6.66. The van der Waals surface area contributed by atoms with Gasteiger partial charge in [-0.3, -0.25) is 9.59 Å². The third-order valence-electron chi connectivity index (χ3n) is 7.45. The maximum Gasteiger partial charge on any atom is 0.229 e. The highest BCUT2D eigenvalue weighted by atomic mass is 32.2. The number of Topliss-reactive ketones (excluding diaryl/α,β-unsaturated/α-hetero) is 1. The second-order valence-corrected chi connectivity index (χ2v) is 11.2. The molecule has 3 aromatic rings. The normalized spacial score (nSPS) is 17.1. The maximum atomic E-state index is 12.6. The highest BCUT2D eigenvalue weighted by Crippen LogP contribution is 2.33. The molecule has 2 aromatic carbocycles. The van der Waals surface area contributed by atoms with Crippen molar-refractivity contribution in [2.45, 2.75) is 57.1 Å². The number of fused-ring (bicyclic) bond motifs is 2. The van der Waals surface area contributed by atoms with E-state index < -0.39 is 0 Å². The average molecular weight is 514 g/mol. The molecule has 2 aliphatic carbocycles. The maximum absolute atomic E-state index is 12.6. The van der Waals surface area contributed by atoms with Crippen LogP contribution in [0.2, 0.25) is 0 Å². The SMILES string of the molecule is O=C1CCCc2cc(Nc3nc4c(c(Nc5cccc(NC(=O)C6CCCC6)c5)n3)CSCC4)ccc21. The standard InChI is InChI=1S/C29H31N5O2S/c35-26-10-3-7-19-15-22(11-12-23(19)26)32-29-33-25-13-14-37-17-24(25)27(34-29)30-20-8-4-9-21(16-20)31-28(36)18-5-1-2-6-18/h4,8-9,11-12,15-16,18H,1-3,5-7,10,13-14,17H2,(H,31,36)(H2,30,32,33,34). The molecule has 0 spiro atoms. The molecule has 1 aromatic heterocycles. The Balaban J connectivity index is 1.24. The summed E-state index contributed by atoms with van der Waals surface area (Å²) >= 11 is 1.88. The summed E-state index contributed by atoms with van der Waals surface area (Å²) in [5, 5.41) is 9.97. The lowest BCUT2D eigenvalue weighted by Gasteiger charge is -2.21. The van der Waals surface area contributed by atoms with Crippen molar-refractivity contribution >= 4 is 52.3 Å². The minimum Gasteiger partial charge on any atom is -0.340 e. The minimum atomic E-state index is 0.115. The van der Waals surface area contributed by atoms with Crippen LogP contribution in [-0.4, -0.2) is 27.4 Å². The van der Waals surface area contributed by atoms with E-state index >= 15 is 0 Å². The van der Waals surface area contributed by atoms with Gasteiger partial charge in [-0.1, -0.05) is 18.9 Å². The van der Waals surface area contributed by atoms with Crippen molar-refractivity contribution in [3.8, 4) is 0 Å². The largest absolute Gasteiger partial charge is 0.340 e. The van der Waals surface area contributed by atoms with Gasteiger partial charge in [-0.25, -0.2) is 4.98 Å². The van der Waals surface area contributed by atoms with Crippen molar-refractivity contribution in [2.24, 2.45) is 5.92 Å². The molecule has 1 aliphatic heterocycles. The van der Waals surface area contributed by atoms with Crippen LogP contribution in [0.25, 0.3) is 0 Å². The molecule has 2 heterocycles. The Morgan fingerprint density at radius 3 is 2.62 bits per heavy atom. The van der Waals surface area contributed by atoms with E-state index in [2.05, 4.69) is 22.0 Å². The van der Waals surface area contributed by atoms with Crippen molar-refractivity contribution in [3.05, 3.63) is 64.8 Å². The summed E-state index contributed by atoms with van der Waals surface area (Å²) in [6.07, 6.45) is 7.56. The van der Waals surface area contributed by atoms with Gasteiger partial charge in [0.05, 0.1) is 5.69 Å². The Bertz CT molecular complexity index is 1350. The van der Waals surface area contributed by atoms with Crippen molar-refractivity contribution in [1.29, 1.82) is 0 Å². The van der Waals surface area contributed by atoms with E-state index in [9.17, 15) is 9.59 Å². The van der Waals surface area contributed by atoms with Gasteiger partial charge < -0.3 is 16.0 Å². The monoisotopic (exact) mass is 513 g/mol. The molecule has 7 nitrogen and oxygen atoms in total. The van der Waals surface area contributed by atoms with Crippen LogP contribution < -0.4 is 16.0 Å². The number of rotatable bonds is 6. The number of thioether (sulfide) groups is 1. The molecule has 0 radical (unpaired) electrons. The second kappa shape index (κ2) is 10.5. The fourth-order valence-corrected chi connectivity index (χ4v) is 6.48. The fraction of sp³-hybridized carbons (Fsp3) is 0.379. The lowest BCUT2D eigenvalue weighted by Crippen LogP contribution is -2.20. The number of amides is 1. The number of carbonyl (C=O) groups is 2. The van der Waals surface area contributed by atoms with Gasteiger partial charge in [-0.15, -0.1) is 0 Å². The van der Waals surface area contributed by atoms with Gasteiger partial charge in [0.15, 0.2) is 5.78 Å². The Hall–Kier alpha value is -3.39. The van der Waals surface area contributed by atoms with Gasteiger partial charge in [0.1, 0.15) is 5.82 Å². The Labute approximate surface area is 221 Å². The predicted molar refractivity (Wildman–Crippen MR) is 149 cm³/mol. The number of hydrogen-bond acceptors (Lipinski definition) is 7. The number of nitrogens with one attached hydrogen (secondary N) is 3. The van der Waals surface area contributed by atoms with E-state index in [1.165, 1.54) is 0 Å². The van der Waals surface area contributed by atoms with Crippen LogP contribution in [0.5, 0.6) is 0 Å². The number of hydrogen-bond donors (Lipinski definition) is 3. The highest BCUT2D eigenvalue weighted by molar-refractivity contribution is 7.98. The molecule has 8 heteroatoms. The van der Waals surface area contributed by atoms with Gasteiger partial charge in [0.2, 0.25) is 11.9 Å². The zero-order valence-electron chi connectivity index (χ0n) is 20.8. The van der Waals surface area contributed by atoms with Crippen molar-refractivity contribution < 1.29 is 9.59 Å². The summed E-state index contributed by atoms with van der Waals surface area (Å²) in [6, 6.07) is 13.7. The second-order valence-electron chi connectivity index (χ2n) is 10.1. The van der Waals surface area contributed by atoms with Crippen molar-refractivity contribution in [2.75, 3.05) is 21.7 Å². The predicted octanol–water partition coefficient (Wildman–Crippen LogP) is 6.40. The molecule has 3 aliphatic rings. The molecule has 3 N–H and O–H groups in total. The van der Waals surface area contributed by atoms with Crippen LogP contribution in [0.3, 0.4) is 0 Å². The first-order valence-corrected chi connectivity index (χ1v) is 14.4. The summed E-state index contributed by atoms with van der Waals surface area (Å²) in [6.45, 7) is 0. The molecule has 0 saturated heterocycles. The van der Waals surface area contributed by atoms with Gasteiger partial charge in [-0.2, -0.15) is 16.7 Å². The average Bonchev–Trinajstić information content (AvgIpc) is 3.45. The Morgan fingerprint density at radius 2 is 1.73 bits per heavy atom. The molecular weight excluding hydrogens is 482 g/mol. The molecule has 1 amide bonds. The summed E-state index contributed by atoms with van der Waals surface area (Å²) < 4.78 is 0. The quantitative estimate of drug-likeness (QED) is 0.351. The summed E-state index contributed by atoms with van der Waals surface area (Å²) in [5.74, 6) is 3.68. The lowest BCUT2D eigenvalue weighted by atomic mass is 9.90. The van der Waals surface area contributed by atoms with Crippen LogP contribution in [0, 0.1) is 5.92 Å². The fourth-order valence-electron chi connectivity index (χ4n) is 5.49. The number of ketones is 1. The number of aryl methyl sites for hydroxylation is 2. The first-order chi connectivity index (χ1) is 18.1. The van der Waals surface area contributed by atoms with Crippen LogP contribution >= 0.6 is 11.8 Å². The molecule has 1 saturated carbocycles. The first-order valence-electron chi connectivity index (χ1n) is 13.2. The molecule has 0 bridgehead atoms. The van der Waals surface area contributed by atoms with Crippen LogP contribution in [0.15, 0.2) is 42.5 Å². The minimum absolute atomic E-state index is 0.115. The molecular formula is C29H31N5O2S. The van der Waals surface area contributed by atoms with Crippen LogP contribution in [0.1, 0.15) is 65.7 Å². The van der Waals surface area contributed by atoms with Crippen LogP contribution in [-0.2, 0) is 23.4 Å². The van der Waals surface area contributed by atoms with E-state index in [1.807, 2.05) is 48.2 Å². The first kappa shape index (κ1) is 24.0. The van der Waals surface area contributed by atoms with E-state index in [0.717, 1.165) is 102 Å². The van der Waals surface area contributed by atoms with E-state index in [-0.39, 0.29) is 17.6 Å². The Kier molecular flexibility index (Phi) is 6.83. The number of anilines is 5. The van der Waals surface area contributed by atoms with E-state index in [4.69, 9.17) is 9.97 Å². The number of aromatic nitrogens is 2. The van der Waals surface area contributed by atoms with E-state index in [1.54, 1.807) is 0 Å². The van der Waals surface area contributed by atoms with Gasteiger partial charge in [0, 0.05) is 46.3 Å². The molecule has 37 heavy (non-hydrogen) atoms. The van der Waals surface area contributed by atoms with Gasteiger partial charge in [0.25, 0.3) is 0 Å². The third-order valence-corrected chi connectivity index (χ3v) is 8.44. The number of benzene rings is 2. The molecule has 6 rings (SSSR count). The van der Waals surface area contributed by atoms with E-state index in [0.29, 0.717) is 12.4 Å². The zero-order valence-corrected chi connectivity index (χ0v) is 21.6. The van der Waals surface area contributed by atoms with Crippen LogP contribution in [0.4, 0.5) is 28.8 Å². The van der Waals surface area contributed by atoms with Gasteiger partial charge >= 0.3 is 0 Å². The third kappa shape index (κ3) is 5.34. The summed E-state index contributed by atoms with van der Waals surface area (Å²) in [4.78, 5) is 34.5. The molecule has 190 valence electrons. The molecule has 1 fully saturated rings. The topological polar surface area (TPSA) is 96.0 Å². The number of carbonyl (C=O) groups excluding carboxylic acids is 2. The van der Waals surface area contributed by atoms with Gasteiger partial charge in [-0.05, 0) is 79.8 Å². The van der Waals surface area contributed by atoms with Crippen molar-refractivity contribution in [1.82, 2.24) is 9.97 Å². The molecule has 0 atom stereocenters. The molecule has 0 unspecified atom stereocenters. The zero-order chi connectivity index (χ0) is 25.2. The summed E-state index contributed by atoms with van der Waals surface area (Å²) in [7, 11) is 0.